The molecular formula is C15H34N2O. The summed E-state index contributed by atoms with van der Waals surface area (Å²) in [4.78, 5) is 2.51. The Bertz CT molecular complexity index is 176. The molecule has 0 aromatic carbocycles. The van der Waals surface area contributed by atoms with Crippen molar-refractivity contribution in [3.63, 3.8) is 0 Å². The summed E-state index contributed by atoms with van der Waals surface area (Å²) in [5.74, 6) is 0. The summed E-state index contributed by atoms with van der Waals surface area (Å²) >= 11 is 0. The maximum atomic E-state index is 5.22. The summed E-state index contributed by atoms with van der Waals surface area (Å²) in [6, 6.07) is 1.20. The lowest BCUT2D eigenvalue weighted by molar-refractivity contribution is 0.101. The molecule has 18 heavy (non-hydrogen) atoms. The van der Waals surface area contributed by atoms with Crippen molar-refractivity contribution in [3.05, 3.63) is 0 Å². The smallest absolute Gasteiger partial charge is 0.0615 e. The van der Waals surface area contributed by atoms with Crippen molar-refractivity contribution >= 4 is 0 Å². The second-order valence-corrected chi connectivity index (χ2v) is 5.28. The lowest BCUT2D eigenvalue weighted by Gasteiger charge is -2.27. The highest BCUT2D eigenvalue weighted by atomic mass is 16.5. The summed E-state index contributed by atoms with van der Waals surface area (Å²) in [5, 5.41) is 3.54. The van der Waals surface area contributed by atoms with Crippen LogP contribution >= 0.6 is 0 Å². The van der Waals surface area contributed by atoms with Gasteiger partial charge in [-0.2, -0.15) is 0 Å². The standard InChI is InChI=1S/C15H34N2O/c1-6-11-16-14(3)10-8-9-12-17(7-2)15(4)13-18-5/h14-16H,6-13H2,1-5H3. The van der Waals surface area contributed by atoms with E-state index in [-0.39, 0.29) is 0 Å². The molecule has 0 aliphatic rings. The first-order valence-corrected chi connectivity index (χ1v) is 7.62. The van der Waals surface area contributed by atoms with Crippen molar-refractivity contribution in [2.24, 2.45) is 0 Å². The Kier molecular flexibility index (Phi) is 11.9. The highest BCUT2D eigenvalue weighted by Gasteiger charge is 2.11. The number of hydrogen-bond acceptors (Lipinski definition) is 3. The van der Waals surface area contributed by atoms with Crippen molar-refractivity contribution in [1.82, 2.24) is 10.2 Å². The maximum absolute atomic E-state index is 5.22. The van der Waals surface area contributed by atoms with E-state index in [1.165, 1.54) is 32.2 Å². The normalized spacial score (nSPS) is 15.0. The number of ether oxygens (including phenoxy) is 1. The van der Waals surface area contributed by atoms with E-state index < -0.39 is 0 Å². The van der Waals surface area contributed by atoms with Crippen molar-refractivity contribution in [1.29, 1.82) is 0 Å². The van der Waals surface area contributed by atoms with E-state index in [2.05, 4.69) is 37.9 Å². The van der Waals surface area contributed by atoms with E-state index in [1.54, 1.807) is 7.11 Å². The summed E-state index contributed by atoms with van der Waals surface area (Å²) in [5.41, 5.74) is 0. The van der Waals surface area contributed by atoms with Gasteiger partial charge in [0.1, 0.15) is 0 Å². The Labute approximate surface area is 114 Å². The predicted octanol–water partition coefficient (Wildman–Crippen LogP) is 2.90. The molecule has 0 radical (unpaired) electrons. The minimum atomic E-state index is 0.538. The van der Waals surface area contributed by atoms with Gasteiger partial charge in [0.2, 0.25) is 0 Å². The van der Waals surface area contributed by atoms with Gasteiger partial charge in [-0.3, -0.25) is 4.90 Å². The molecule has 0 aliphatic carbocycles. The first-order valence-electron chi connectivity index (χ1n) is 7.62. The number of rotatable bonds is 12. The van der Waals surface area contributed by atoms with Crippen LogP contribution in [0.2, 0.25) is 0 Å². The summed E-state index contributed by atoms with van der Waals surface area (Å²) in [7, 11) is 1.78. The van der Waals surface area contributed by atoms with Crippen LogP contribution in [0.25, 0.3) is 0 Å². The van der Waals surface area contributed by atoms with Crippen molar-refractivity contribution < 1.29 is 4.74 Å². The van der Waals surface area contributed by atoms with Crippen LogP contribution in [0.1, 0.15) is 53.4 Å². The number of nitrogens with zero attached hydrogens (tertiary/aromatic N) is 1. The number of likely N-dealkylation sites (N-methyl/N-ethyl adjacent to an activating group) is 1. The Balaban J connectivity index is 3.61. The highest BCUT2D eigenvalue weighted by Crippen LogP contribution is 2.06. The number of nitrogens with one attached hydrogen (secondary N) is 1. The van der Waals surface area contributed by atoms with Gasteiger partial charge in [0.25, 0.3) is 0 Å². The SMILES string of the molecule is CCCNC(C)CCCCN(CC)C(C)COC. The van der Waals surface area contributed by atoms with Crippen LogP contribution in [0.4, 0.5) is 0 Å². The van der Waals surface area contributed by atoms with Crippen LogP contribution in [-0.2, 0) is 4.74 Å². The topological polar surface area (TPSA) is 24.5 Å². The molecule has 3 nitrogen and oxygen atoms in total. The minimum Gasteiger partial charge on any atom is -0.383 e. The van der Waals surface area contributed by atoms with Gasteiger partial charge in [-0.25, -0.2) is 0 Å². The highest BCUT2D eigenvalue weighted by molar-refractivity contribution is 4.66. The number of unbranched alkanes of at least 4 members (excludes halogenated alkanes) is 1. The zero-order chi connectivity index (χ0) is 13.8. The average Bonchev–Trinajstić information content (AvgIpc) is 2.36. The Morgan fingerprint density at radius 2 is 1.89 bits per heavy atom. The Hall–Kier alpha value is -0.120. The van der Waals surface area contributed by atoms with Gasteiger partial charge in [0, 0.05) is 19.2 Å². The molecule has 0 saturated heterocycles. The van der Waals surface area contributed by atoms with E-state index >= 15 is 0 Å². The van der Waals surface area contributed by atoms with Gasteiger partial charge in [-0.15, -0.1) is 0 Å². The van der Waals surface area contributed by atoms with Gasteiger partial charge in [-0.05, 0) is 52.7 Å². The first-order chi connectivity index (χ1) is 8.65. The average molecular weight is 258 g/mol. The fraction of sp³-hybridized carbons (Fsp3) is 1.00. The van der Waals surface area contributed by atoms with Crippen LogP contribution in [-0.4, -0.2) is 50.3 Å². The van der Waals surface area contributed by atoms with Crippen LogP contribution in [0.5, 0.6) is 0 Å². The second kappa shape index (κ2) is 11.9. The summed E-state index contributed by atoms with van der Waals surface area (Å²) < 4.78 is 5.22. The van der Waals surface area contributed by atoms with Gasteiger partial charge in [-0.1, -0.05) is 20.3 Å². The quantitative estimate of drug-likeness (QED) is 0.545. The van der Waals surface area contributed by atoms with Crippen molar-refractivity contribution in [2.75, 3.05) is 33.4 Å². The fourth-order valence-corrected chi connectivity index (χ4v) is 2.30. The van der Waals surface area contributed by atoms with Gasteiger partial charge >= 0.3 is 0 Å². The molecule has 0 rings (SSSR count). The molecule has 0 aromatic rings. The zero-order valence-corrected chi connectivity index (χ0v) is 13.2. The van der Waals surface area contributed by atoms with Crippen LogP contribution in [0.3, 0.4) is 0 Å². The van der Waals surface area contributed by atoms with Crippen LogP contribution in [0.15, 0.2) is 0 Å². The lowest BCUT2D eigenvalue weighted by atomic mass is 10.1. The Morgan fingerprint density at radius 1 is 1.17 bits per heavy atom. The van der Waals surface area contributed by atoms with E-state index in [0.29, 0.717) is 12.1 Å². The third-order valence-electron chi connectivity index (χ3n) is 3.51. The van der Waals surface area contributed by atoms with Crippen molar-refractivity contribution in [3.8, 4) is 0 Å². The molecule has 0 spiro atoms. The molecule has 0 bridgehead atoms. The molecule has 0 heterocycles. The monoisotopic (exact) mass is 258 g/mol. The van der Waals surface area contributed by atoms with E-state index in [1.807, 2.05) is 0 Å². The fourth-order valence-electron chi connectivity index (χ4n) is 2.30. The van der Waals surface area contributed by atoms with E-state index in [0.717, 1.165) is 19.7 Å². The van der Waals surface area contributed by atoms with E-state index in [4.69, 9.17) is 4.74 Å². The minimum absolute atomic E-state index is 0.538. The summed E-state index contributed by atoms with van der Waals surface area (Å²) in [6.07, 6.45) is 5.12. The first kappa shape index (κ1) is 17.9. The molecule has 0 aliphatic heterocycles. The lowest BCUT2D eigenvalue weighted by Crippen LogP contribution is -2.37. The molecule has 2 atom stereocenters. The van der Waals surface area contributed by atoms with Crippen LogP contribution < -0.4 is 5.32 Å². The number of methoxy groups -OCH3 is 1. The molecule has 0 aromatic heterocycles. The predicted molar refractivity (Wildman–Crippen MR) is 80.2 cm³/mol. The van der Waals surface area contributed by atoms with E-state index in [9.17, 15) is 0 Å². The third kappa shape index (κ3) is 8.90. The molecule has 0 saturated carbocycles. The second-order valence-electron chi connectivity index (χ2n) is 5.28. The molecule has 3 heteroatoms. The maximum Gasteiger partial charge on any atom is 0.0615 e. The molecule has 0 amide bonds. The molecule has 1 N–H and O–H groups in total. The van der Waals surface area contributed by atoms with Gasteiger partial charge in [0.05, 0.1) is 6.61 Å². The summed E-state index contributed by atoms with van der Waals surface area (Å²) in [6.45, 7) is 13.3. The molecule has 110 valence electrons. The van der Waals surface area contributed by atoms with Crippen LogP contribution in [0, 0.1) is 0 Å². The molecular weight excluding hydrogens is 224 g/mol. The largest absolute Gasteiger partial charge is 0.383 e. The molecule has 0 fully saturated rings. The zero-order valence-electron chi connectivity index (χ0n) is 13.2. The third-order valence-corrected chi connectivity index (χ3v) is 3.51. The van der Waals surface area contributed by atoms with Gasteiger partial charge < -0.3 is 10.1 Å². The number of hydrogen-bond donors (Lipinski definition) is 1. The Morgan fingerprint density at radius 3 is 2.44 bits per heavy atom. The van der Waals surface area contributed by atoms with Crippen molar-refractivity contribution in [2.45, 2.75) is 65.5 Å². The van der Waals surface area contributed by atoms with Gasteiger partial charge in [0.15, 0.2) is 0 Å². The molecule has 2 unspecified atom stereocenters.